The highest BCUT2D eigenvalue weighted by atomic mass is 32.2. The van der Waals surface area contributed by atoms with Crippen molar-refractivity contribution in [1.82, 2.24) is 24.8 Å². The van der Waals surface area contributed by atoms with Gasteiger partial charge in [-0.2, -0.15) is 0 Å². The molecule has 8 nitrogen and oxygen atoms in total. The standard InChI is InChI=1S/C9H17N5O3S/c1-4-7-11-8(13-12-7)9(15)10-5-6-18(16,17)14(2)3/h4-6H2,1-3H3,(H,10,15)(H,11,12,13). The van der Waals surface area contributed by atoms with Gasteiger partial charge in [0.1, 0.15) is 5.82 Å². The molecule has 0 aliphatic heterocycles. The van der Waals surface area contributed by atoms with E-state index in [0.717, 1.165) is 4.31 Å². The van der Waals surface area contributed by atoms with Gasteiger partial charge in [0.05, 0.1) is 5.75 Å². The topological polar surface area (TPSA) is 108 Å². The molecule has 9 heteroatoms. The van der Waals surface area contributed by atoms with Crippen LogP contribution in [-0.4, -0.2) is 60.2 Å². The van der Waals surface area contributed by atoms with Crippen LogP contribution in [0.2, 0.25) is 0 Å². The third-order valence-corrected chi connectivity index (χ3v) is 4.10. The number of nitrogens with zero attached hydrogens (tertiary/aromatic N) is 3. The molecule has 0 spiro atoms. The van der Waals surface area contributed by atoms with E-state index in [1.165, 1.54) is 14.1 Å². The molecule has 0 bridgehead atoms. The molecule has 0 aromatic carbocycles. The Labute approximate surface area is 106 Å². The predicted octanol–water partition coefficient (Wildman–Crippen LogP) is -1.01. The third kappa shape index (κ3) is 3.77. The number of sulfonamides is 1. The summed E-state index contributed by atoms with van der Waals surface area (Å²) in [6.07, 6.45) is 0.648. The van der Waals surface area contributed by atoms with E-state index in [2.05, 4.69) is 20.5 Å². The van der Waals surface area contributed by atoms with Crippen molar-refractivity contribution in [2.24, 2.45) is 0 Å². The van der Waals surface area contributed by atoms with Gasteiger partial charge in [0.25, 0.3) is 5.91 Å². The van der Waals surface area contributed by atoms with E-state index in [0.29, 0.717) is 12.2 Å². The lowest BCUT2D eigenvalue weighted by atomic mass is 10.5. The fourth-order valence-electron chi connectivity index (χ4n) is 1.11. The Morgan fingerprint density at radius 3 is 2.61 bits per heavy atom. The normalized spacial score (nSPS) is 11.8. The number of aryl methyl sites for hydroxylation is 1. The van der Waals surface area contributed by atoms with Crippen LogP contribution in [0, 0.1) is 0 Å². The van der Waals surface area contributed by atoms with Crippen LogP contribution in [0.1, 0.15) is 23.4 Å². The van der Waals surface area contributed by atoms with E-state index < -0.39 is 15.9 Å². The number of hydrogen-bond donors (Lipinski definition) is 2. The Balaban J connectivity index is 2.47. The summed E-state index contributed by atoms with van der Waals surface area (Å²) in [5.74, 6) is -0.00774. The third-order valence-electron chi connectivity index (χ3n) is 2.27. The van der Waals surface area contributed by atoms with E-state index in [1.807, 2.05) is 6.92 Å². The van der Waals surface area contributed by atoms with Crippen LogP contribution in [0.25, 0.3) is 0 Å². The van der Waals surface area contributed by atoms with Gasteiger partial charge in [-0.15, -0.1) is 5.10 Å². The Bertz CT molecular complexity index is 508. The van der Waals surface area contributed by atoms with Crippen molar-refractivity contribution >= 4 is 15.9 Å². The molecule has 1 aromatic rings. The molecule has 0 fully saturated rings. The molecule has 1 rings (SSSR count). The summed E-state index contributed by atoms with van der Waals surface area (Å²) in [5.41, 5.74) is 0. The van der Waals surface area contributed by atoms with Crippen molar-refractivity contribution in [3.8, 4) is 0 Å². The minimum Gasteiger partial charge on any atom is -0.348 e. The van der Waals surface area contributed by atoms with Crippen molar-refractivity contribution in [1.29, 1.82) is 0 Å². The minimum absolute atomic E-state index is 0.0223. The lowest BCUT2D eigenvalue weighted by Gasteiger charge is -2.10. The van der Waals surface area contributed by atoms with Crippen LogP contribution in [0.4, 0.5) is 0 Å². The molecule has 0 saturated carbocycles. The number of nitrogens with one attached hydrogen (secondary N) is 2. The maximum Gasteiger partial charge on any atom is 0.290 e. The SMILES string of the molecule is CCc1nc(C(=O)NCCS(=O)(=O)N(C)C)n[nH]1. The first-order valence-electron chi connectivity index (χ1n) is 5.46. The van der Waals surface area contributed by atoms with Gasteiger partial charge in [-0.3, -0.25) is 9.89 Å². The molecular weight excluding hydrogens is 258 g/mol. The van der Waals surface area contributed by atoms with E-state index in [4.69, 9.17) is 0 Å². The molecule has 102 valence electrons. The lowest BCUT2D eigenvalue weighted by Crippen LogP contribution is -2.34. The van der Waals surface area contributed by atoms with Gasteiger partial charge in [0.15, 0.2) is 0 Å². The molecule has 1 amide bonds. The van der Waals surface area contributed by atoms with Crippen molar-refractivity contribution in [3.05, 3.63) is 11.6 Å². The number of amides is 1. The second-order valence-corrected chi connectivity index (χ2v) is 6.12. The maximum absolute atomic E-state index is 11.6. The van der Waals surface area contributed by atoms with Crippen LogP contribution in [0.15, 0.2) is 0 Å². The number of hydrogen-bond acceptors (Lipinski definition) is 5. The van der Waals surface area contributed by atoms with Gasteiger partial charge in [-0.25, -0.2) is 17.7 Å². The molecule has 1 aromatic heterocycles. The number of carbonyl (C=O) groups excluding carboxylic acids is 1. The lowest BCUT2D eigenvalue weighted by molar-refractivity contribution is 0.0946. The number of aromatic nitrogens is 3. The van der Waals surface area contributed by atoms with Crippen LogP contribution in [-0.2, 0) is 16.4 Å². The highest BCUT2D eigenvalue weighted by Crippen LogP contribution is 1.95. The first kappa shape index (κ1) is 14.6. The Kier molecular flexibility index (Phi) is 4.79. The molecule has 0 atom stereocenters. The van der Waals surface area contributed by atoms with E-state index in [1.54, 1.807) is 0 Å². The Morgan fingerprint density at radius 1 is 1.44 bits per heavy atom. The molecule has 0 saturated heterocycles. The summed E-state index contributed by atoms with van der Waals surface area (Å²) < 4.78 is 24.0. The van der Waals surface area contributed by atoms with Crippen molar-refractivity contribution in [2.45, 2.75) is 13.3 Å². The zero-order valence-electron chi connectivity index (χ0n) is 10.6. The van der Waals surface area contributed by atoms with Crippen LogP contribution < -0.4 is 5.32 Å². The summed E-state index contributed by atoms with van der Waals surface area (Å²) in [6.45, 7) is 1.90. The van der Waals surface area contributed by atoms with Gasteiger partial charge in [0, 0.05) is 27.1 Å². The molecule has 0 aliphatic rings. The fraction of sp³-hybridized carbons (Fsp3) is 0.667. The van der Waals surface area contributed by atoms with Crippen molar-refractivity contribution in [3.63, 3.8) is 0 Å². The van der Waals surface area contributed by atoms with E-state index in [-0.39, 0.29) is 18.1 Å². The Morgan fingerprint density at radius 2 is 2.11 bits per heavy atom. The fourth-order valence-corrected chi connectivity index (χ4v) is 1.84. The van der Waals surface area contributed by atoms with Gasteiger partial charge in [-0.05, 0) is 0 Å². The number of carbonyl (C=O) groups is 1. The second-order valence-electron chi connectivity index (χ2n) is 3.81. The van der Waals surface area contributed by atoms with Gasteiger partial charge >= 0.3 is 0 Å². The molecule has 0 unspecified atom stereocenters. The monoisotopic (exact) mass is 275 g/mol. The minimum atomic E-state index is -3.31. The molecule has 0 radical (unpaired) electrons. The zero-order valence-corrected chi connectivity index (χ0v) is 11.4. The van der Waals surface area contributed by atoms with Crippen molar-refractivity contribution in [2.75, 3.05) is 26.4 Å². The van der Waals surface area contributed by atoms with Crippen LogP contribution in [0.3, 0.4) is 0 Å². The van der Waals surface area contributed by atoms with E-state index >= 15 is 0 Å². The van der Waals surface area contributed by atoms with Crippen molar-refractivity contribution < 1.29 is 13.2 Å². The maximum atomic E-state index is 11.6. The Hall–Kier alpha value is -1.48. The summed E-state index contributed by atoms with van der Waals surface area (Å²) in [6, 6.07) is 0. The van der Waals surface area contributed by atoms with Gasteiger partial charge in [0.2, 0.25) is 15.8 Å². The average Bonchev–Trinajstić information content (AvgIpc) is 2.76. The van der Waals surface area contributed by atoms with Gasteiger partial charge in [-0.1, -0.05) is 6.92 Å². The van der Waals surface area contributed by atoms with Crippen LogP contribution in [0.5, 0.6) is 0 Å². The summed E-state index contributed by atoms with van der Waals surface area (Å²) in [5, 5.41) is 8.80. The van der Waals surface area contributed by atoms with E-state index in [9.17, 15) is 13.2 Å². The number of aromatic amines is 1. The molecule has 18 heavy (non-hydrogen) atoms. The van der Waals surface area contributed by atoms with Crippen LogP contribution >= 0.6 is 0 Å². The molecular formula is C9H17N5O3S. The summed E-state index contributed by atoms with van der Waals surface area (Å²) in [4.78, 5) is 15.5. The van der Waals surface area contributed by atoms with Gasteiger partial charge < -0.3 is 5.32 Å². The smallest absolute Gasteiger partial charge is 0.290 e. The highest BCUT2D eigenvalue weighted by molar-refractivity contribution is 7.89. The molecule has 0 aliphatic carbocycles. The molecule has 1 heterocycles. The first-order valence-corrected chi connectivity index (χ1v) is 7.07. The number of rotatable bonds is 6. The largest absolute Gasteiger partial charge is 0.348 e. The number of H-pyrrole nitrogens is 1. The quantitative estimate of drug-likeness (QED) is 0.691. The predicted molar refractivity (Wildman–Crippen MR) is 65.6 cm³/mol. The summed E-state index contributed by atoms with van der Waals surface area (Å²) in [7, 11) is -0.417. The average molecular weight is 275 g/mol. The molecule has 2 N–H and O–H groups in total. The summed E-state index contributed by atoms with van der Waals surface area (Å²) >= 11 is 0. The highest BCUT2D eigenvalue weighted by Gasteiger charge is 2.15. The second kappa shape index (κ2) is 5.91. The first-order chi connectivity index (χ1) is 8.36. The zero-order chi connectivity index (χ0) is 13.8.